The molecule has 2 aromatic carbocycles. The number of carbonyl (C=O) groups excluding carboxylic acids is 2. The van der Waals surface area contributed by atoms with Gasteiger partial charge in [-0.1, -0.05) is 102 Å². The second-order valence-corrected chi connectivity index (χ2v) is 11.0. The minimum atomic E-state index is -1.01. The Balaban J connectivity index is -0.000000448. The Morgan fingerprint density at radius 2 is 1.00 bits per heavy atom. The maximum Gasteiger partial charge on any atom is 2.00 e. The Bertz CT molecular complexity index is 701. The van der Waals surface area contributed by atoms with Crippen LogP contribution >= 0.6 is 25.8 Å². The van der Waals surface area contributed by atoms with E-state index in [2.05, 4.69) is 78.5 Å². The summed E-state index contributed by atoms with van der Waals surface area (Å²) < 4.78 is 0. The molecule has 0 fully saturated rings. The predicted molar refractivity (Wildman–Crippen MR) is 141 cm³/mol. The smallest absolute Gasteiger partial charge is 0.550 e. The summed E-state index contributed by atoms with van der Waals surface area (Å²) in [4.78, 5) is 19.8. The van der Waals surface area contributed by atoms with Crippen LogP contribution in [0.3, 0.4) is 0 Å². The van der Waals surface area contributed by atoms with Crippen LogP contribution in [0.25, 0.3) is 0 Å². The van der Waals surface area contributed by atoms with Gasteiger partial charge in [-0.3, -0.25) is 0 Å². The van der Waals surface area contributed by atoms with Gasteiger partial charge in [0.15, 0.2) is 0 Å². The Kier molecular flexibility index (Phi) is 21.8. The molecule has 0 heterocycles. The van der Waals surface area contributed by atoms with E-state index >= 15 is 0 Å². The van der Waals surface area contributed by atoms with E-state index in [0.717, 1.165) is 12.7 Å². The molecule has 33 heavy (non-hydrogen) atoms. The van der Waals surface area contributed by atoms with Crippen molar-refractivity contribution in [1.82, 2.24) is 0 Å². The Morgan fingerprint density at radius 1 is 0.758 bits per heavy atom. The average molecular weight is 599 g/mol. The van der Waals surface area contributed by atoms with Gasteiger partial charge in [-0.2, -0.15) is 0 Å². The zero-order valence-corrected chi connectivity index (χ0v) is 25.3. The van der Waals surface area contributed by atoms with Crippen molar-refractivity contribution in [3.63, 3.8) is 0 Å². The zero-order chi connectivity index (χ0) is 25.4. The van der Waals surface area contributed by atoms with Gasteiger partial charge < -0.3 is 25.5 Å². The fraction of sp³-hybridized carbons (Fsp3) is 0.417. The Hall–Kier alpha value is -0.747. The van der Waals surface area contributed by atoms with E-state index in [1.807, 2.05) is 0 Å². The van der Waals surface area contributed by atoms with Crippen LogP contribution in [0, 0.1) is 10.8 Å². The van der Waals surface area contributed by atoms with Gasteiger partial charge in [-0.25, -0.2) is 0 Å². The molecule has 0 radical (unpaired) electrons. The molecular formula is C24H38NO4P3Ru. The third kappa shape index (κ3) is 18.3. The summed E-state index contributed by atoms with van der Waals surface area (Å²) in [6, 6.07) is 21.3. The largest absolute Gasteiger partial charge is 2.00 e. The van der Waals surface area contributed by atoms with E-state index in [-0.39, 0.29) is 27.4 Å². The van der Waals surface area contributed by atoms with E-state index in [9.17, 15) is 19.8 Å². The number of hydrogen-bond acceptors (Lipinski definition) is 5. The number of carbonyl (C=O) groups is 2. The molecule has 186 valence electrons. The molecule has 0 saturated carbocycles. The number of aliphatic carboxylic acids is 2. The second kappa shape index (κ2) is 19.5. The SMILES string of the molecule is CC(C)(C)C(=O)[O-].CC(C)(C)C(=O)[O-].NCCP(c1ccccc1)c1ccccc1.PP.[Ru+2]. The molecule has 0 aliphatic carbocycles. The fourth-order valence-corrected chi connectivity index (χ4v) is 3.89. The van der Waals surface area contributed by atoms with Crippen molar-refractivity contribution < 1.29 is 39.3 Å². The van der Waals surface area contributed by atoms with Crippen LogP contribution in [-0.4, -0.2) is 24.6 Å². The van der Waals surface area contributed by atoms with Crippen molar-refractivity contribution in [1.29, 1.82) is 0 Å². The van der Waals surface area contributed by atoms with Crippen molar-refractivity contribution in [2.75, 3.05) is 12.7 Å². The summed E-state index contributed by atoms with van der Waals surface area (Å²) in [5.74, 6) is -2.01. The third-order valence-electron chi connectivity index (χ3n) is 3.71. The first-order chi connectivity index (χ1) is 14.8. The topological polar surface area (TPSA) is 106 Å². The van der Waals surface area contributed by atoms with Gasteiger partial charge in [0.1, 0.15) is 0 Å². The molecule has 5 nitrogen and oxygen atoms in total. The first-order valence-electron chi connectivity index (χ1n) is 10.1. The standard InChI is InChI=1S/C14H16NP.2C5H10O2.H4P2.Ru/c15-11-12-16(13-7-3-1-4-8-13)14-9-5-2-6-10-14;2*1-5(2,3)4(6)7;1-2;/h1-10H,11-12,15H2;2*1-3H3,(H,6,7);1-2H2;/q;;;;+2/p-2. The summed E-state index contributed by atoms with van der Waals surface area (Å²) in [6.07, 6.45) is 1.06. The van der Waals surface area contributed by atoms with Gasteiger partial charge in [0, 0.05) is 22.8 Å². The van der Waals surface area contributed by atoms with Crippen LogP contribution in [0.4, 0.5) is 0 Å². The molecular weight excluding hydrogens is 560 g/mol. The first kappa shape index (κ1) is 36.8. The molecule has 0 spiro atoms. The van der Waals surface area contributed by atoms with Crippen LogP contribution in [-0.2, 0) is 29.1 Å². The molecule has 0 amide bonds. The minimum Gasteiger partial charge on any atom is -0.550 e. The number of rotatable bonds is 4. The zero-order valence-electron chi connectivity index (χ0n) is 20.4. The maximum atomic E-state index is 9.91. The molecule has 0 aliphatic heterocycles. The van der Waals surface area contributed by atoms with Crippen LogP contribution < -0.4 is 26.6 Å². The average Bonchev–Trinajstić information content (AvgIpc) is 2.74. The van der Waals surface area contributed by atoms with Crippen molar-refractivity contribution in [3.05, 3.63) is 60.7 Å². The summed E-state index contributed by atoms with van der Waals surface area (Å²) in [6.45, 7) is 10.3. The molecule has 2 unspecified atom stereocenters. The second-order valence-electron chi connectivity index (χ2n) is 8.69. The van der Waals surface area contributed by atoms with Crippen LogP contribution in [0.5, 0.6) is 0 Å². The van der Waals surface area contributed by atoms with E-state index in [0.29, 0.717) is 0 Å². The summed E-state index contributed by atoms with van der Waals surface area (Å²) in [5, 5.41) is 22.6. The maximum absolute atomic E-state index is 9.91. The molecule has 2 atom stereocenters. The van der Waals surface area contributed by atoms with Crippen LogP contribution in [0.15, 0.2) is 60.7 Å². The van der Waals surface area contributed by atoms with Gasteiger partial charge in [0.25, 0.3) is 0 Å². The number of nitrogens with two attached hydrogens (primary N) is 1. The van der Waals surface area contributed by atoms with Crippen molar-refractivity contribution >= 4 is 48.3 Å². The number of hydrogen-bond donors (Lipinski definition) is 1. The minimum absolute atomic E-state index is 0. The molecule has 0 bridgehead atoms. The van der Waals surface area contributed by atoms with E-state index in [1.54, 1.807) is 41.5 Å². The van der Waals surface area contributed by atoms with E-state index in [1.165, 1.54) is 10.6 Å². The molecule has 0 saturated heterocycles. The molecule has 2 rings (SSSR count). The van der Waals surface area contributed by atoms with Crippen LogP contribution in [0.1, 0.15) is 41.5 Å². The summed E-state index contributed by atoms with van der Waals surface area (Å²) in [7, 11) is 4.39. The molecule has 2 N–H and O–H groups in total. The van der Waals surface area contributed by atoms with E-state index in [4.69, 9.17) is 5.73 Å². The number of carboxylic acid groups (broad SMARTS) is 2. The molecule has 0 aliphatic rings. The monoisotopic (exact) mass is 599 g/mol. The van der Waals surface area contributed by atoms with Gasteiger partial charge >= 0.3 is 19.5 Å². The van der Waals surface area contributed by atoms with Crippen molar-refractivity contribution in [2.45, 2.75) is 41.5 Å². The quantitative estimate of drug-likeness (QED) is 0.430. The Labute approximate surface area is 218 Å². The third-order valence-corrected chi connectivity index (χ3v) is 6.26. The number of carboxylic acids is 2. The fourth-order valence-electron chi connectivity index (χ4n) is 1.75. The van der Waals surface area contributed by atoms with Gasteiger partial charge in [0.2, 0.25) is 0 Å². The van der Waals surface area contributed by atoms with Crippen molar-refractivity contribution in [3.8, 4) is 0 Å². The first-order valence-corrected chi connectivity index (χ1v) is 14.3. The Morgan fingerprint density at radius 3 is 1.18 bits per heavy atom. The van der Waals surface area contributed by atoms with Crippen molar-refractivity contribution in [2.24, 2.45) is 16.6 Å². The predicted octanol–water partition coefficient (Wildman–Crippen LogP) is 2.29. The van der Waals surface area contributed by atoms with Gasteiger partial charge in [0.05, 0.1) is 0 Å². The molecule has 2 aromatic rings. The number of benzene rings is 2. The van der Waals surface area contributed by atoms with Crippen LogP contribution in [0.2, 0.25) is 0 Å². The molecule has 9 heteroatoms. The van der Waals surface area contributed by atoms with E-state index < -0.39 is 22.8 Å². The van der Waals surface area contributed by atoms with Gasteiger partial charge in [-0.15, -0.1) is 17.9 Å². The molecule has 0 aromatic heterocycles. The van der Waals surface area contributed by atoms with Gasteiger partial charge in [-0.05, 0) is 31.2 Å². The normalized spacial score (nSPS) is 10.1. The summed E-state index contributed by atoms with van der Waals surface area (Å²) in [5.41, 5.74) is 4.33. The summed E-state index contributed by atoms with van der Waals surface area (Å²) >= 11 is 0.